The minimum Gasteiger partial charge on any atom is -0.494 e. The summed E-state index contributed by atoms with van der Waals surface area (Å²) in [6, 6.07) is 11.3. The Labute approximate surface area is 169 Å². The molecule has 2 aliphatic rings. The number of piperidine rings is 1. The summed E-state index contributed by atoms with van der Waals surface area (Å²) in [6.07, 6.45) is 5.05. The maximum absolute atomic E-state index is 13.8. The molecule has 0 bridgehead atoms. The topological polar surface area (TPSA) is 32.8 Å². The van der Waals surface area contributed by atoms with E-state index in [1.165, 1.54) is 25.3 Å². The van der Waals surface area contributed by atoms with E-state index in [-0.39, 0.29) is 29.3 Å². The number of likely N-dealkylation sites (tertiary alicyclic amines) is 1. The van der Waals surface area contributed by atoms with E-state index in [0.29, 0.717) is 12.2 Å². The zero-order valence-electron chi connectivity index (χ0n) is 16.6. The van der Waals surface area contributed by atoms with Crippen molar-refractivity contribution < 1.29 is 18.3 Å². The molecule has 0 radical (unpaired) electrons. The number of ether oxygens (including phenoxy) is 1. The molecule has 2 aliphatic heterocycles. The lowest BCUT2D eigenvalue weighted by molar-refractivity contribution is -0.114. The summed E-state index contributed by atoms with van der Waals surface area (Å²) in [6.45, 7) is 3.57. The predicted octanol–water partition coefficient (Wildman–Crippen LogP) is 4.30. The van der Waals surface area contributed by atoms with Crippen LogP contribution in [0.15, 0.2) is 54.6 Å². The highest BCUT2D eigenvalue weighted by atomic mass is 19.1. The van der Waals surface area contributed by atoms with Crippen LogP contribution in [0.4, 0.5) is 14.5 Å². The van der Waals surface area contributed by atoms with Crippen LogP contribution < -0.4 is 9.64 Å². The number of carbonyl (C=O) groups is 1. The first-order valence-corrected chi connectivity index (χ1v) is 9.77. The van der Waals surface area contributed by atoms with Crippen LogP contribution in [0, 0.1) is 11.6 Å². The van der Waals surface area contributed by atoms with Gasteiger partial charge in [-0.15, -0.1) is 0 Å². The lowest BCUT2D eigenvalue weighted by atomic mass is 9.82. The van der Waals surface area contributed by atoms with Crippen LogP contribution in [-0.4, -0.2) is 36.0 Å². The van der Waals surface area contributed by atoms with Crippen LogP contribution >= 0.6 is 0 Å². The molecule has 4 nitrogen and oxygen atoms in total. The van der Waals surface area contributed by atoms with Crippen LogP contribution in [0.5, 0.6) is 5.75 Å². The van der Waals surface area contributed by atoms with Gasteiger partial charge in [0.05, 0.1) is 12.6 Å². The van der Waals surface area contributed by atoms with E-state index >= 15 is 0 Å². The number of nitrogens with zero attached hydrogens (tertiary/aromatic N) is 2. The summed E-state index contributed by atoms with van der Waals surface area (Å²) in [5.74, 6) is -0.597. The molecule has 2 heterocycles. The van der Waals surface area contributed by atoms with Crippen LogP contribution in [0.2, 0.25) is 0 Å². The SMILES string of the molecule is COc1cc(CN2CC[C@@]3(C=CC(=O)N3c3cccc(F)c3)C[C@H]2C)ccc1F. The van der Waals surface area contributed by atoms with E-state index in [0.717, 1.165) is 24.9 Å². The second-order valence-corrected chi connectivity index (χ2v) is 7.83. The Kier molecular flexibility index (Phi) is 5.13. The molecule has 0 aliphatic carbocycles. The summed E-state index contributed by atoms with van der Waals surface area (Å²) in [5, 5.41) is 0. The van der Waals surface area contributed by atoms with E-state index < -0.39 is 5.54 Å². The molecule has 2 atom stereocenters. The maximum Gasteiger partial charge on any atom is 0.251 e. The normalized spacial score (nSPS) is 24.5. The van der Waals surface area contributed by atoms with Gasteiger partial charge >= 0.3 is 0 Å². The molecule has 0 aromatic heterocycles. The molecule has 0 N–H and O–H groups in total. The van der Waals surface area contributed by atoms with Gasteiger partial charge in [-0.1, -0.05) is 18.2 Å². The summed E-state index contributed by atoms with van der Waals surface area (Å²) >= 11 is 0. The fraction of sp³-hybridized carbons (Fsp3) is 0.348. The largest absolute Gasteiger partial charge is 0.494 e. The Morgan fingerprint density at radius 3 is 2.76 bits per heavy atom. The third kappa shape index (κ3) is 3.65. The van der Waals surface area contributed by atoms with E-state index in [2.05, 4.69) is 11.8 Å². The molecule has 152 valence electrons. The zero-order chi connectivity index (χ0) is 20.6. The molecule has 0 unspecified atom stereocenters. The molecule has 1 saturated heterocycles. The van der Waals surface area contributed by atoms with Crippen molar-refractivity contribution in [3.63, 3.8) is 0 Å². The number of methoxy groups -OCH3 is 1. The Hall–Kier alpha value is -2.73. The van der Waals surface area contributed by atoms with Gasteiger partial charge in [0.25, 0.3) is 5.91 Å². The standard InChI is InChI=1S/C23H24F2N2O2/c1-16-14-23(9-8-22(28)27(23)19-5-3-4-18(24)13-19)10-11-26(16)15-17-6-7-20(25)21(12-17)29-2/h3-9,12-13,16H,10-11,14-15H2,1-2H3/t16-,23+/m1/s1. The van der Waals surface area contributed by atoms with Gasteiger partial charge in [0.1, 0.15) is 5.82 Å². The second kappa shape index (κ2) is 7.59. The number of halogens is 2. The van der Waals surface area contributed by atoms with Crippen molar-refractivity contribution >= 4 is 11.6 Å². The number of carbonyl (C=O) groups excluding carboxylic acids is 1. The lowest BCUT2D eigenvalue weighted by Crippen LogP contribution is -2.56. The number of rotatable bonds is 4. The van der Waals surface area contributed by atoms with Crippen LogP contribution in [-0.2, 0) is 11.3 Å². The summed E-state index contributed by atoms with van der Waals surface area (Å²) in [7, 11) is 1.46. The number of amides is 1. The first kappa shape index (κ1) is 19.6. The Balaban J connectivity index is 1.53. The van der Waals surface area contributed by atoms with Crippen LogP contribution in [0.1, 0.15) is 25.3 Å². The Bertz CT molecular complexity index is 962. The minimum atomic E-state index is -0.443. The number of hydrogen-bond donors (Lipinski definition) is 0. The molecule has 1 spiro atoms. The average Bonchev–Trinajstić information content (AvgIpc) is 3.01. The Morgan fingerprint density at radius 1 is 1.21 bits per heavy atom. The molecule has 2 aromatic rings. The molecular formula is C23H24F2N2O2. The number of benzene rings is 2. The first-order chi connectivity index (χ1) is 13.9. The average molecular weight is 398 g/mol. The van der Waals surface area contributed by atoms with Crippen molar-refractivity contribution in [1.82, 2.24) is 4.90 Å². The van der Waals surface area contributed by atoms with E-state index in [1.54, 1.807) is 35.2 Å². The second-order valence-electron chi connectivity index (χ2n) is 7.83. The van der Waals surface area contributed by atoms with Gasteiger partial charge in [0, 0.05) is 30.9 Å². The van der Waals surface area contributed by atoms with Gasteiger partial charge in [0.15, 0.2) is 11.6 Å². The molecule has 4 rings (SSSR count). The van der Waals surface area contributed by atoms with Gasteiger partial charge in [-0.25, -0.2) is 8.78 Å². The monoisotopic (exact) mass is 398 g/mol. The molecule has 1 fully saturated rings. The predicted molar refractivity (Wildman–Crippen MR) is 108 cm³/mol. The smallest absolute Gasteiger partial charge is 0.251 e. The highest BCUT2D eigenvalue weighted by Crippen LogP contribution is 2.41. The molecule has 6 heteroatoms. The molecule has 29 heavy (non-hydrogen) atoms. The summed E-state index contributed by atoms with van der Waals surface area (Å²) in [5.41, 5.74) is 1.12. The number of anilines is 1. The maximum atomic E-state index is 13.8. The third-order valence-electron chi connectivity index (χ3n) is 5.97. The van der Waals surface area contributed by atoms with Gasteiger partial charge in [0.2, 0.25) is 0 Å². The van der Waals surface area contributed by atoms with Gasteiger partial charge in [-0.05, 0) is 55.7 Å². The molecular weight excluding hydrogens is 374 g/mol. The lowest BCUT2D eigenvalue weighted by Gasteiger charge is -2.47. The van der Waals surface area contributed by atoms with Crippen molar-refractivity contribution in [2.75, 3.05) is 18.6 Å². The number of hydrogen-bond acceptors (Lipinski definition) is 3. The van der Waals surface area contributed by atoms with E-state index in [9.17, 15) is 13.6 Å². The quantitative estimate of drug-likeness (QED) is 0.770. The van der Waals surface area contributed by atoms with Crippen LogP contribution in [0.25, 0.3) is 0 Å². The molecule has 2 aromatic carbocycles. The summed E-state index contributed by atoms with van der Waals surface area (Å²) in [4.78, 5) is 16.6. The fourth-order valence-electron chi connectivity index (χ4n) is 4.52. The molecule has 1 amide bonds. The zero-order valence-corrected chi connectivity index (χ0v) is 16.6. The minimum absolute atomic E-state index is 0.112. The van der Waals surface area contributed by atoms with Gasteiger partial charge < -0.3 is 4.74 Å². The van der Waals surface area contributed by atoms with Crippen molar-refractivity contribution in [2.24, 2.45) is 0 Å². The van der Waals surface area contributed by atoms with Crippen molar-refractivity contribution in [3.8, 4) is 5.75 Å². The highest BCUT2D eigenvalue weighted by Gasteiger charge is 2.46. The van der Waals surface area contributed by atoms with Crippen molar-refractivity contribution in [3.05, 3.63) is 71.8 Å². The molecule has 0 saturated carbocycles. The fourth-order valence-corrected chi connectivity index (χ4v) is 4.52. The third-order valence-corrected chi connectivity index (χ3v) is 5.97. The summed E-state index contributed by atoms with van der Waals surface area (Å²) < 4.78 is 32.5. The van der Waals surface area contributed by atoms with Gasteiger partial charge in [-0.2, -0.15) is 0 Å². The Morgan fingerprint density at radius 2 is 2.03 bits per heavy atom. The first-order valence-electron chi connectivity index (χ1n) is 9.77. The van der Waals surface area contributed by atoms with Crippen LogP contribution in [0.3, 0.4) is 0 Å². The van der Waals surface area contributed by atoms with E-state index in [1.807, 2.05) is 6.08 Å². The van der Waals surface area contributed by atoms with Crippen molar-refractivity contribution in [1.29, 1.82) is 0 Å². The highest BCUT2D eigenvalue weighted by molar-refractivity contribution is 6.06. The van der Waals surface area contributed by atoms with Crippen molar-refractivity contribution in [2.45, 2.75) is 37.9 Å². The van der Waals surface area contributed by atoms with Gasteiger partial charge in [-0.3, -0.25) is 14.6 Å². The van der Waals surface area contributed by atoms with E-state index in [4.69, 9.17) is 4.74 Å².